The molecule has 0 aliphatic carbocycles. The van der Waals surface area contributed by atoms with Crippen LogP contribution in [0.3, 0.4) is 0 Å². The summed E-state index contributed by atoms with van der Waals surface area (Å²) in [6, 6.07) is 0.902. The second kappa shape index (κ2) is 9.60. The van der Waals surface area contributed by atoms with Crippen molar-refractivity contribution in [3.05, 3.63) is 17.2 Å². The van der Waals surface area contributed by atoms with Crippen LogP contribution in [0.25, 0.3) is 0 Å². The third kappa shape index (κ3) is 4.45. The monoisotopic (exact) mass is 488 g/mol. The molecule has 0 amide bonds. The Balaban J connectivity index is 2.02. The van der Waals surface area contributed by atoms with Crippen molar-refractivity contribution in [3.8, 4) is 17.2 Å². The lowest BCUT2D eigenvalue weighted by atomic mass is 9.76. The fraction of sp³-hybridized carbons (Fsp3) is 0.550. The van der Waals surface area contributed by atoms with Gasteiger partial charge in [0.15, 0.2) is 23.9 Å². The summed E-state index contributed by atoms with van der Waals surface area (Å²) in [7, 11) is 0. The van der Waals surface area contributed by atoms with Crippen molar-refractivity contribution in [3.63, 3.8) is 0 Å². The standard InChI is InChI=1S/C20H24O14/c1-5-6(2-8(22)13(25)12(5)24)11-7(3-10(23)33-17(11)18(28)29)19(30)34-16-9(4-21)32-20(31)15(27)14(16)26/h2,7,9,11,14-17,20-22,24-27,31H,3-4H2,1H3,(H,28,29)/t7?,9-,11?,14+,15?,16?,17?,20-/m1/s1. The normalized spacial score (nSPS) is 33.7. The number of aliphatic carboxylic acids is 1. The number of carboxylic acids is 1. The predicted molar refractivity (Wildman–Crippen MR) is 104 cm³/mol. The Hall–Kier alpha value is -3.17. The first kappa shape index (κ1) is 25.5. The van der Waals surface area contributed by atoms with Gasteiger partial charge in [-0.2, -0.15) is 0 Å². The molecule has 8 N–H and O–H groups in total. The van der Waals surface area contributed by atoms with E-state index < -0.39 is 96.8 Å². The minimum atomic E-state index is -1.96. The zero-order valence-electron chi connectivity index (χ0n) is 17.6. The van der Waals surface area contributed by atoms with Crippen LogP contribution in [0, 0.1) is 12.8 Å². The molecule has 8 atom stereocenters. The van der Waals surface area contributed by atoms with Gasteiger partial charge >= 0.3 is 17.9 Å². The lowest BCUT2D eigenvalue weighted by molar-refractivity contribution is -0.290. The molecular weight excluding hydrogens is 464 g/mol. The molecule has 14 nitrogen and oxygen atoms in total. The number of aromatic hydroxyl groups is 3. The number of benzene rings is 1. The number of carbonyl (C=O) groups is 3. The predicted octanol–water partition coefficient (Wildman–Crippen LogP) is -2.45. The smallest absolute Gasteiger partial charge is 0.345 e. The topological polar surface area (TPSA) is 241 Å². The number of phenolic OH excluding ortho intramolecular Hbond substituents is 3. The molecule has 3 rings (SSSR count). The van der Waals surface area contributed by atoms with Gasteiger partial charge in [-0.25, -0.2) is 4.79 Å². The van der Waals surface area contributed by atoms with E-state index in [0.29, 0.717) is 0 Å². The number of hydrogen-bond donors (Lipinski definition) is 8. The molecule has 188 valence electrons. The Morgan fingerprint density at radius 2 is 1.76 bits per heavy atom. The maximum atomic E-state index is 13.1. The number of carbonyl (C=O) groups excluding carboxylic acids is 2. The Morgan fingerprint density at radius 1 is 1.12 bits per heavy atom. The molecule has 0 aromatic heterocycles. The second-order valence-corrected chi connectivity index (χ2v) is 8.02. The molecule has 1 aromatic carbocycles. The van der Waals surface area contributed by atoms with Gasteiger partial charge in [-0.1, -0.05) is 0 Å². The zero-order valence-corrected chi connectivity index (χ0v) is 17.6. The molecule has 0 radical (unpaired) electrons. The minimum Gasteiger partial charge on any atom is -0.504 e. The fourth-order valence-corrected chi connectivity index (χ4v) is 4.13. The van der Waals surface area contributed by atoms with E-state index in [0.717, 1.165) is 6.07 Å². The van der Waals surface area contributed by atoms with Gasteiger partial charge in [0.2, 0.25) is 11.9 Å². The molecule has 5 unspecified atom stereocenters. The van der Waals surface area contributed by atoms with Crippen molar-refractivity contribution in [1.82, 2.24) is 0 Å². The highest BCUT2D eigenvalue weighted by Crippen LogP contribution is 2.46. The first-order valence-electron chi connectivity index (χ1n) is 10.1. The summed E-state index contributed by atoms with van der Waals surface area (Å²) in [5.41, 5.74) is -0.264. The second-order valence-electron chi connectivity index (χ2n) is 8.02. The summed E-state index contributed by atoms with van der Waals surface area (Å²) >= 11 is 0. The van der Waals surface area contributed by atoms with Gasteiger partial charge < -0.3 is 55.1 Å². The molecule has 0 spiro atoms. The zero-order chi connectivity index (χ0) is 25.5. The van der Waals surface area contributed by atoms with Crippen LogP contribution in [-0.2, 0) is 28.6 Å². The van der Waals surface area contributed by atoms with Crippen LogP contribution < -0.4 is 0 Å². The molecule has 1 aromatic rings. The molecule has 2 fully saturated rings. The summed E-state index contributed by atoms with van der Waals surface area (Å²) in [5, 5.41) is 78.5. The van der Waals surface area contributed by atoms with E-state index in [-0.39, 0.29) is 11.1 Å². The summed E-state index contributed by atoms with van der Waals surface area (Å²) in [6.45, 7) is 0.422. The number of cyclic esters (lactones) is 1. The highest BCUT2D eigenvalue weighted by molar-refractivity contribution is 5.88. The molecule has 2 heterocycles. The van der Waals surface area contributed by atoms with Gasteiger partial charge in [-0.15, -0.1) is 0 Å². The van der Waals surface area contributed by atoms with Crippen LogP contribution in [-0.4, -0.2) is 102 Å². The van der Waals surface area contributed by atoms with E-state index in [1.165, 1.54) is 6.92 Å². The lowest BCUT2D eigenvalue weighted by Gasteiger charge is -2.41. The molecular formula is C20H24O14. The summed E-state index contributed by atoms with van der Waals surface area (Å²) in [6.07, 6.45) is -11.5. The SMILES string of the molecule is Cc1c(C2C(C(=O)OC3[C@@H](O)C(O)[C@H](O)O[C@@H]3CO)CC(=O)OC2C(=O)O)cc(O)c(O)c1O. The Kier molecular flexibility index (Phi) is 7.18. The van der Waals surface area contributed by atoms with Gasteiger partial charge in [0.25, 0.3) is 0 Å². The molecule has 0 saturated carbocycles. The maximum Gasteiger partial charge on any atom is 0.345 e. The number of ether oxygens (including phenoxy) is 3. The largest absolute Gasteiger partial charge is 0.504 e. The Labute approximate surface area is 191 Å². The first-order valence-corrected chi connectivity index (χ1v) is 10.1. The molecule has 2 aliphatic heterocycles. The van der Waals surface area contributed by atoms with Crippen LogP contribution in [0.15, 0.2) is 6.07 Å². The summed E-state index contributed by atoms with van der Waals surface area (Å²) in [4.78, 5) is 37.1. The average molecular weight is 488 g/mol. The van der Waals surface area contributed by atoms with Crippen LogP contribution in [0.4, 0.5) is 0 Å². The number of aliphatic hydroxyl groups excluding tert-OH is 4. The van der Waals surface area contributed by atoms with Gasteiger partial charge in [0, 0.05) is 5.92 Å². The van der Waals surface area contributed by atoms with Gasteiger partial charge in [0.05, 0.1) is 18.9 Å². The van der Waals surface area contributed by atoms with Crippen LogP contribution >= 0.6 is 0 Å². The first-order chi connectivity index (χ1) is 15.9. The van der Waals surface area contributed by atoms with E-state index in [1.807, 2.05) is 0 Å². The number of phenols is 3. The van der Waals surface area contributed by atoms with Crippen molar-refractivity contribution in [2.45, 2.75) is 56.1 Å². The van der Waals surface area contributed by atoms with Crippen molar-refractivity contribution in [1.29, 1.82) is 0 Å². The molecule has 2 aliphatic rings. The number of rotatable bonds is 5. The number of aliphatic hydroxyl groups is 4. The van der Waals surface area contributed by atoms with Crippen molar-refractivity contribution in [2.24, 2.45) is 5.92 Å². The Bertz CT molecular complexity index is 975. The van der Waals surface area contributed by atoms with E-state index in [9.17, 15) is 55.2 Å². The highest BCUT2D eigenvalue weighted by Gasteiger charge is 2.51. The number of esters is 2. The third-order valence-electron chi connectivity index (χ3n) is 5.95. The van der Waals surface area contributed by atoms with Crippen molar-refractivity contribution in [2.75, 3.05) is 6.61 Å². The summed E-state index contributed by atoms with van der Waals surface area (Å²) < 4.78 is 15.0. The van der Waals surface area contributed by atoms with E-state index >= 15 is 0 Å². The number of carboxylic acid groups (broad SMARTS) is 1. The average Bonchev–Trinajstić information content (AvgIpc) is 2.79. The lowest BCUT2D eigenvalue weighted by Crippen LogP contribution is -2.60. The van der Waals surface area contributed by atoms with Crippen molar-refractivity contribution >= 4 is 17.9 Å². The maximum absolute atomic E-state index is 13.1. The molecule has 2 saturated heterocycles. The van der Waals surface area contributed by atoms with Crippen LogP contribution in [0.5, 0.6) is 17.2 Å². The molecule has 0 bridgehead atoms. The van der Waals surface area contributed by atoms with Gasteiger partial charge in [-0.3, -0.25) is 9.59 Å². The quantitative estimate of drug-likeness (QED) is 0.159. The number of hydrogen-bond acceptors (Lipinski definition) is 13. The van der Waals surface area contributed by atoms with E-state index in [4.69, 9.17) is 14.2 Å². The van der Waals surface area contributed by atoms with Gasteiger partial charge in [-0.05, 0) is 24.1 Å². The van der Waals surface area contributed by atoms with E-state index in [1.54, 1.807) is 0 Å². The third-order valence-corrected chi connectivity index (χ3v) is 5.95. The molecule has 14 heteroatoms. The highest BCUT2D eigenvalue weighted by atomic mass is 16.7. The Morgan fingerprint density at radius 3 is 2.35 bits per heavy atom. The summed E-state index contributed by atoms with van der Waals surface area (Å²) in [5.74, 6) is -9.63. The van der Waals surface area contributed by atoms with Crippen LogP contribution in [0.1, 0.15) is 23.5 Å². The fourth-order valence-electron chi connectivity index (χ4n) is 4.13. The van der Waals surface area contributed by atoms with E-state index in [2.05, 4.69) is 0 Å². The van der Waals surface area contributed by atoms with Crippen LogP contribution in [0.2, 0.25) is 0 Å². The van der Waals surface area contributed by atoms with Gasteiger partial charge in [0.1, 0.15) is 18.3 Å². The van der Waals surface area contributed by atoms with Crippen molar-refractivity contribution < 1.29 is 69.4 Å². The molecule has 34 heavy (non-hydrogen) atoms. The minimum absolute atomic E-state index is 0.116.